The first-order chi connectivity index (χ1) is 24.3. The van der Waals surface area contributed by atoms with Gasteiger partial charge in [0.1, 0.15) is 11.2 Å². The molecule has 0 spiro atoms. The number of hydrogen-bond acceptors (Lipinski definition) is 5. The molecule has 0 aliphatic carbocycles. The molecule has 228 valence electrons. The molecule has 49 heavy (non-hydrogen) atoms. The number of fused-ring (bicyclic) bond motifs is 9. The van der Waals surface area contributed by atoms with Crippen LogP contribution in [0.3, 0.4) is 0 Å². The lowest BCUT2D eigenvalue weighted by Crippen LogP contribution is -2.00. The van der Waals surface area contributed by atoms with Crippen molar-refractivity contribution in [3.8, 4) is 45.4 Å². The summed E-state index contributed by atoms with van der Waals surface area (Å²) in [6, 6.07) is 52.1. The fourth-order valence-electron chi connectivity index (χ4n) is 6.95. The first-order valence-electron chi connectivity index (χ1n) is 16.3. The smallest absolute Gasteiger partial charge is 0.165 e. The van der Waals surface area contributed by atoms with Gasteiger partial charge in [0, 0.05) is 44.6 Å². The van der Waals surface area contributed by atoms with Gasteiger partial charge in [0.15, 0.2) is 17.5 Å². The molecule has 0 fully saturated rings. The molecule has 0 radical (unpaired) electrons. The fourth-order valence-corrected chi connectivity index (χ4v) is 6.95. The zero-order valence-corrected chi connectivity index (χ0v) is 26.2. The van der Waals surface area contributed by atoms with E-state index in [1.54, 1.807) is 0 Å². The van der Waals surface area contributed by atoms with Gasteiger partial charge in [0.2, 0.25) is 0 Å². The minimum absolute atomic E-state index is 0.585. The number of para-hydroxylation sites is 1. The Hall–Kier alpha value is -6.72. The van der Waals surface area contributed by atoms with E-state index in [1.165, 1.54) is 21.5 Å². The summed E-state index contributed by atoms with van der Waals surface area (Å²) in [5, 5.41) is 9.38. The Morgan fingerprint density at radius 2 is 0.959 bits per heavy atom. The van der Waals surface area contributed by atoms with Crippen LogP contribution in [0, 0.1) is 0 Å². The van der Waals surface area contributed by atoms with Crippen LogP contribution < -0.4 is 0 Å². The first kappa shape index (κ1) is 27.4. The molecule has 5 heteroatoms. The van der Waals surface area contributed by atoms with Crippen LogP contribution in [0.2, 0.25) is 0 Å². The van der Waals surface area contributed by atoms with Gasteiger partial charge < -0.3 is 4.42 Å². The second-order valence-electron chi connectivity index (χ2n) is 12.3. The van der Waals surface area contributed by atoms with Gasteiger partial charge in [0.05, 0.1) is 5.69 Å². The van der Waals surface area contributed by atoms with E-state index >= 15 is 0 Å². The van der Waals surface area contributed by atoms with Gasteiger partial charge in [-0.15, -0.1) is 0 Å². The SMILES string of the molecule is c1ccc(-c2nc(-c3ccccc3)nc(-c3ccc(-c4ccc5c(ccc6ccc7c(ccc8c9ccccc9oc87)c65)c4)nc3)n2)cc1. The maximum atomic E-state index is 6.38. The Bertz CT molecular complexity index is 2800. The van der Waals surface area contributed by atoms with Crippen LogP contribution in [0.5, 0.6) is 0 Å². The maximum absolute atomic E-state index is 6.38. The molecule has 5 nitrogen and oxygen atoms in total. The number of furan rings is 1. The van der Waals surface area contributed by atoms with Crippen LogP contribution in [0.1, 0.15) is 0 Å². The lowest BCUT2D eigenvalue weighted by molar-refractivity contribution is 0.672. The third-order valence-corrected chi connectivity index (χ3v) is 9.35. The van der Waals surface area contributed by atoms with Gasteiger partial charge in [-0.05, 0) is 63.3 Å². The minimum Gasteiger partial charge on any atom is -0.455 e. The molecule has 3 aromatic heterocycles. The monoisotopic (exact) mass is 626 g/mol. The summed E-state index contributed by atoms with van der Waals surface area (Å²) < 4.78 is 6.38. The minimum atomic E-state index is 0.585. The molecule has 0 unspecified atom stereocenters. The van der Waals surface area contributed by atoms with Crippen molar-refractivity contribution in [1.29, 1.82) is 0 Å². The zero-order chi connectivity index (χ0) is 32.3. The van der Waals surface area contributed by atoms with E-state index in [9.17, 15) is 0 Å². The van der Waals surface area contributed by atoms with E-state index in [0.717, 1.165) is 60.7 Å². The van der Waals surface area contributed by atoms with Crippen LogP contribution in [-0.2, 0) is 0 Å². The van der Waals surface area contributed by atoms with Gasteiger partial charge in [-0.2, -0.15) is 0 Å². The maximum Gasteiger partial charge on any atom is 0.165 e. The third-order valence-electron chi connectivity index (χ3n) is 9.35. The first-order valence-corrected chi connectivity index (χ1v) is 16.3. The number of rotatable bonds is 4. The van der Waals surface area contributed by atoms with Crippen LogP contribution >= 0.6 is 0 Å². The molecule has 3 heterocycles. The summed E-state index contributed by atoms with van der Waals surface area (Å²) in [5.74, 6) is 1.84. The standard InChI is InChI=1S/C44H26N4O/c1-3-9-28(10-4-1)42-46-43(29-11-5-2-6-12-29)48-44(47-42)32-19-24-38(45-26-32)31-18-20-33-30(25-31)16-15-27-17-21-37-35(40(27)33)22-23-36-34-13-7-8-14-39(34)49-41(36)37/h1-26H. The lowest BCUT2D eigenvalue weighted by atomic mass is 9.94. The molecular weight excluding hydrogens is 601 g/mol. The van der Waals surface area contributed by atoms with Crippen molar-refractivity contribution in [2.75, 3.05) is 0 Å². The summed E-state index contributed by atoms with van der Waals surface area (Å²) in [5.41, 5.74) is 6.48. The van der Waals surface area contributed by atoms with E-state index in [-0.39, 0.29) is 0 Å². The molecule has 0 atom stereocenters. The lowest BCUT2D eigenvalue weighted by Gasteiger charge is -2.11. The summed E-state index contributed by atoms with van der Waals surface area (Å²) in [4.78, 5) is 19.4. The highest BCUT2D eigenvalue weighted by atomic mass is 16.3. The Kier molecular flexibility index (Phi) is 6.11. The predicted molar refractivity (Wildman–Crippen MR) is 199 cm³/mol. The van der Waals surface area contributed by atoms with Gasteiger partial charge in [0.25, 0.3) is 0 Å². The average molecular weight is 627 g/mol. The average Bonchev–Trinajstić information content (AvgIpc) is 3.57. The van der Waals surface area contributed by atoms with Gasteiger partial charge in [-0.1, -0.05) is 115 Å². The van der Waals surface area contributed by atoms with Crippen molar-refractivity contribution in [3.05, 3.63) is 158 Å². The highest BCUT2D eigenvalue weighted by Crippen LogP contribution is 2.39. The number of nitrogens with zero attached hydrogens (tertiary/aromatic N) is 4. The number of aromatic nitrogens is 4. The molecule has 0 aliphatic heterocycles. The molecule has 0 bridgehead atoms. The molecule has 0 N–H and O–H groups in total. The Morgan fingerprint density at radius 1 is 0.388 bits per heavy atom. The van der Waals surface area contributed by atoms with E-state index < -0.39 is 0 Å². The predicted octanol–water partition coefficient (Wildman–Crippen LogP) is 11.3. The van der Waals surface area contributed by atoms with Crippen LogP contribution in [0.15, 0.2) is 162 Å². The quantitative estimate of drug-likeness (QED) is 0.182. The molecule has 0 amide bonds. The Labute approximate surface area is 281 Å². The second-order valence-corrected chi connectivity index (χ2v) is 12.3. The summed E-state index contributed by atoms with van der Waals surface area (Å²) in [7, 11) is 0. The molecule has 10 rings (SSSR count). The molecule has 10 aromatic rings. The molecular formula is C44H26N4O. The van der Waals surface area contributed by atoms with E-state index in [4.69, 9.17) is 24.4 Å². The third kappa shape index (κ3) is 4.55. The molecule has 0 saturated heterocycles. The fraction of sp³-hybridized carbons (Fsp3) is 0. The van der Waals surface area contributed by atoms with Crippen molar-refractivity contribution in [3.63, 3.8) is 0 Å². The topological polar surface area (TPSA) is 64.7 Å². The van der Waals surface area contributed by atoms with E-state index in [0.29, 0.717) is 17.5 Å². The largest absolute Gasteiger partial charge is 0.455 e. The zero-order valence-electron chi connectivity index (χ0n) is 26.2. The molecule has 7 aromatic carbocycles. The van der Waals surface area contributed by atoms with Gasteiger partial charge >= 0.3 is 0 Å². The summed E-state index contributed by atoms with van der Waals surface area (Å²) in [6.45, 7) is 0. The van der Waals surface area contributed by atoms with Crippen molar-refractivity contribution in [1.82, 2.24) is 19.9 Å². The van der Waals surface area contributed by atoms with Gasteiger partial charge in [-0.25, -0.2) is 15.0 Å². The summed E-state index contributed by atoms with van der Waals surface area (Å²) >= 11 is 0. The van der Waals surface area contributed by atoms with Gasteiger partial charge in [-0.3, -0.25) is 4.98 Å². The van der Waals surface area contributed by atoms with E-state index in [1.807, 2.05) is 91.1 Å². The van der Waals surface area contributed by atoms with Crippen molar-refractivity contribution in [2.45, 2.75) is 0 Å². The van der Waals surface area contributed by atoms with Crippen molar-refractivity contribution < 1.29 is 4.42 Å². The highest BCUT2D eigenvalue weighted by Gasteiger charge is 2.15. The summed E-state index contributed by atoms with van der Waals surface area (Å²) in [6.07, 6.45) is 1.85. The highest BCUT2D eigenvalue weighted by molar-refractivity contribution is 6.26. The number of benzene rings is 7. The Morgan fingerprint density at radius 3 is 1.69 bits per heavy atom. The number of hydrogen-bond donors (Lipinski definition) is 0. The normalized spacial score (nSPS) is 11.7. The Balaban J connectivity index is 1.06. The number of pyridine rings is 1. The van der Waals surface area contributed by atoms with E-state index in [2.05, 4.69) is 66.7 Å². The van der Waals surface area contributed by atoms with Crippen molar-refractivity contribution in [2.24, 2.45) is 0 Å². The molecule has 0 saturated carbocycles. The second kappa shape index (κ2) is 10.9. The van der Waals surface area contributed by atoms with Crippen LogP contribution in [0.4, 0.5) is 0 Å². The van der Waals surface area contributed by atoms with Crippen molar-refractivity contribution >= 4 is 54.3 Å². The van der Waals surface area contributed by atoms with Crippen LogP contribution in [-0.4, -0.2) is 19.9 Å². The van der Waals surface area contributed by atoms with Crippen LogP contribution in [0.25, 0.3) is 99.7 Å². The molecule has 0 aliphatic rings.